The van der Waals surface area contributed by atoms with E-state index in [9.17, 15) is 4.79 Å². The predicted octanol–water partition coefficient (Wildman–Crippen LogP) is 3.82. The first-order valence-electron chi connectivity index (χ1n) is 10.4. The van der Waals surface area contributed by atoms with Gasteiger partial charge < -0.3 is 15.8 Å². The second-order valence-corrected chi connectivity index (χ2v) is 8.58. The number of amides is 1. The standard InChI is InChI=1S/C22H32N2O2.ClH/c23-21-16-8-4-9-17(21)13-18(12-16)22(25)24-19-10-5-11-20(19)26-14-15-6-2-1-3-7-15;/h1-3,6-7,16-21H,4-5,8-14,23H2,(H,24,25);1H. The van der Waals surface area contributed by atoms with Crippen LogP contribution in [0.1, 0.15) is 56.9 Å². The van der Waals surface area contributed by atoms with E-state index in [1.54, 1.807) is 0 Å². The minimum absolute atomic E-state index is 0. The number of hydrogen-bond donors (Lipinski definition) is 2. The Bertz CT molecular complexity index is 598. The van der Waals surface area contributed by atoms with Gasteiger partial charge in [0.15, 0.2) is 0 Å². The molecule has 1 amide bonds. The topological polar surface area (TPSA) is 64.4 Å². The average Bonchev–Trinajstić information content (AvgIpc) is 3.07. The minimum atomic E-state index is 0. The van der Waals surface area contributed by atoms with E-state index in [0.717, 1.165) is 32.1 Å². The summed E-state index contributed by atoms with van der Waals surface area (Å²) in [5, 5.41) is 3.33. The van der Waals surface area contributed by atoms with Gasteiger partial charge in [-0.25, -0.2) is 0 Å². The van der Waals surface area contributed by atoms with E-state index in [-0.39, 0.29) is 36.4 Å². The zero-order chi connectivity index (χ0) is 17.9. The number of carbonyl (C=O) groups excluding carboxylic acids is 1. The third-order valence-corrected chi connectivity index (χ3v) is 6.87. The van der Waals surface area contributed by atoms with Crippen molar-refractivity contribution < 1.29 is 9.53 Å². The number of carbonyl (C=O) groups is 1. The molecule has 5 heteroatoms. The molecule has 4 rings (SSSR count). The smallest absolute Gasteiger partial charge is 0.223 e. The molecule has 0 aromatic heterocycles. The molecule has 3 fully saturated rings. The molecule has 0 saturated heterocycles. The van der Waals surface area contributed by atoms with Crippen LogP contribution in [0.3, 0.4) is 0 Å². The molecule has 27 heavy (non-hydrogen) atoms. The first kappa shape index (κ1) is 20.6. The van der Waals surface area contributed by atoms with E-state index in [4.69, 9.17) is 10.5 Å². The Kier molecular flexibility index (Phi) is 7.18. The number of nitrogens with one attached hydrogen (secondary N) is 1. The van der Waals surface area contributed by atoms with E-state index in [1.165, 1.54) is 24.8 Å². The highest BCUT2D eigenvalue weighted by Crippen LogP contribution is 2.42. The van der Waals surface area contributed by atoms with Crippen LogP contribution in [0.15, 0.2) is 30.3 Å². The number of nitrogens with two attached hydrogens (primary N) is 1. The Morgan fingerprint density at radius 2 is 1.70 bits per heavy atom. The zero-order valence-corrected chi connectivity index (χ0v) is 16.8. The van der Waals surface area contributed by atoms with Crippen LogP contribution in [0.5, 0.6) is 0 Å². The molecule has 4 atom stereocenters. The van der Waals surface area contributed by atoms with E-state index in [2.05, 4.69) is 17.4 Å². The molecule has 4 unspecified atom stereocenters. The third kappa shape index (κ3) is 4.85. The molecule has 3 N–H and O–H groups in total. The average molecular weight is 393 g/mol. The van der Waals surface area contributed by atoms with E-state index >= 15 is 0 Å². The number of hydrogen-bond acceptors (Lipinski definition) is 3. The number of rotatable bonds is 5. The van der Waals surface area contributed by atoms with Crippen LogP contribution in [0.4, 0.5) is 0 Å². The van der Waals surface area contributed by atoms with Crippen molar-refractivity contribution in [3.8, 4) is 0 Å². The van der Waals surface area contributed by atoms with Crippen LogP contribution in [-0.4, -0.2) is 24.1 Å². The zero-order valence-electron chi connectivity index (χ0n) is 16.0. The summed E-state index contributed by atoms with van der Waals surface area (Å²) in [4.78, 5) is 12.9. The van der Waals surface area contributed by atoms with Crippen molar-refractivity contribution in [3.63, 3.8) is 0 Å². The lowest BCUT2D eigenvalue weighted by molar-refractivity contribution is -0.129. The molecule has 3 saturated carbocycles. The van der Waals surface area contributed by atoms with Gasteiger partial charge in [0.1, 0.15) is 0 Å². The van der Waals surface area contributed by atoms with Gasteiger partial charge in [-0.1, -0.05) is 36.8 Å². The Balaban J connectivity index is 0.00000210. The second kappa shape index (κ2) is 9.40. The molecule has 2 bridgehead atoms. The van der Waals surface area contributed by atoms with Crippen molar-refractivity contribution >= 4 is 18.3 Å². The maximum Gasteiger partial charge on any atom is 0.223 e. The lowest BCUT2D eigenvalue weighted by Crippen LogP contribution is -2.51. The first-order valence-corrected chi connectivity index (χ1v) is 10.4. The second-order valence-electron chi connectivity index (χ2n) is 8.58. The number of halogens is 1. The molecule has 1 aromatic carbocycles. The monoisotopic (exact) mass is 392 g/mol. The number of fused-ring (bicyclic) bond motifs is 2. The number of benzene rings is 1. The Hall–Kier alpha value is -1.10. The minimum Gasteiger partial charge on any atom is -0.371 e. The van der Waals surface area contributed by atoms with Crippen LogP contribution in [0.25, 0.3) is 0 Å². The normalized spacial score (nSPS) is 35.3. The van der Waals surface area contributed by atoms with Gasteiger partial charge in [0, 0.05) is 12.0 Å². The van der Waals surface area contributed by atoms with Crippen LogP contribution in [0.2, 0.25) is 0 Å². The molecule has 150 valence electrons. The predicted molar refractivity (Wildman–Crippen MR) is 110 cm³/mol. The van der Waals surface area contributed by atoms with Gasteiger partial charge in [-0.05, 0) is 62.3 Å². The summed E-state index contributed by atoms with van der Waals surface area (Å²) in [6, 6.07) is 10.8. The van der Waals surface area contributed by atoms with E-state index in [0.29, 0.717) is 24.5 Å². The molecular formula is C22H33ClN2O2. The fraction of sp³-hybridized carbons (Fsp3) is 0.682. The third-order valence-electron chi connectivity index (χ3n) is 6.87. The molecule has 4 nitrogen and oxygen atoms in total. The Labute approximate surface area is 169 Å². The van der Waals surface area contributed by atoms with Crippen molar-refractivity contribution in [2.75, 3.05) is 0 Å². The first-order chi connectivity index (χ1) is 12.7. The van der Waals surface area contributed by atoms with Gasteiger partial charge in [0.25, 0.3) is 0 Å². The quantitative estimate of drug-likeness (QED) is 0.800. The largest absolute Gasteiger partial charge is 0.371 e. The number of ether oxygens (including phenoxy) is 1. The molecular weight excluding hydrogens is 360 g/mol. The molecule has 3 aliphatic carbocycles. The highest BCUT2D eigenvalue weighted by atomic mass is 35.5. The van der Waals surface area contributed by atoms with Crippen molar-refractivity contribution in [1.82, 2.24) is 5.32 Å². The van der Waals surface area contributed by atoms with Crippen molar-refractivity contribution in [2.24, 2.45) is 23.5 Å². The fourth-order valence-electron chi connectivity index (χ4n) is 5.37. The summed E-state index contributed by atoms with van der Waals surface area (Å²) in [7, 11) is 0. The van der Waals surface area contributed by atoms with Gasteiger partial charge in [0.2, 0.25) is 5.91 Å². The molecule has 0 heterocycles. The summed E-state index contributed by atoms with van der Waals surface area (Å²) in [6.07, 6.45) is 8.99. The van der Waals surface area contributed by atoms with Gasteiger partial charge in [0.05, 0.1) is 18.8 Å². The van der Waals surface area contributed by atoms with Crippen LogP contribution >= 0.6 is 12.4 Å². The van der Waals surface area contributed by atoms with E-state index in [1.807, 2.05) is 18.2 Å². The Morgan fingerprint density at radius 3 is 2.41 bits per heavy atom. The molecule has 0 aliphatic heterocycles. The van der Waals surface area contributed by atoms with Crippen LogP contribution in [-0.2, 0) is 16.1 Å². The summed E-state index contributed by atoms with van der Waals surface area (Å²) in [6.45, 7) is 0.625. The summed E-state index contributed by atoms with van der Waals surface area (Å²) in [5.41, 5.74) is 7.57. The molecule has 1 aromatic rings. The lowest BCUT2D eigenvalue weighted by Gasteiger charge is -2.43. The Morgan fingerprint density at radius 1 is 1.04 bits per heavy atom. The SMILES string of the molecule is Cl.NC1C2CCCC1CC(C(=O)NC1CCCC1OCc1ccccc1)C2. The van der Waals surface area contributed by atoms with Crippen molar-refractivity contribution in [2.45, 2.75) is 76.2 Å². The maximum absolute atomic E-state index is 12.9. The van der Waals surface area contributed by atoms with Crippen LogP contribution < -0.4 is 11.1 Å². The summed E-state index contributed by atoms with van der Waals surface area (Å²) in [5.74, 6) is 1.49. The molecule has 0 spiro atoms. The molecule has 0 radical (unpaired) electrons. The van der Waals surface area contributed by atoms with E-state index < -0.39 is 0 Å². The highest BCUT2D eigenvalue weighted by molar-refractivity contribution is 5.85. The highest BCUT2D eigenvalue weighted by Gasteiger charge is 2.41. The summed E-state index contributed by atoms with van der Waals surface area (Å²) < 4.78 is 6.15. The van der Waals surface area contributed by atoms with Gasteiger partial charge in [-0.15, -0.1) is 12.4 Å². The van der Waals surface area contributed by atoms with Gasteiger partial charge in [-0.2, -0.15) is 0 Å². The lowest BCUT2D eigenvalue weighted by atomic mass is 9.65. The van der Waals surface area contributed by atoms with Gasteiger partial charge >= 0.3 is 0 Å². The van der Waals surface area contributed by atoms with Gasteiger partial charge in [-0.3, -0.25) is 4.79 Å². The van der Waals surface area contributed by atoms with Crippen LogP contribution in [0, 0.1) is 17.8 Å². The van der Waals surface area contributed by atoms with Crippen molar-refractivity contribution in [1.29, 1.82) is 0 Å². The maximum atomic E-state index is 12.9. The summed E-state index contributed by atoms with van der Waals surface area (Å²) >= 11 is 0. The van der Waals surface area contributed by atoms with Crippen molar-refractivity contribution in [3.05, 3.63) is 35.9 Å². The molecule has 3 aliphatic rings. The fourth-order valence-corrected chi connectivity index (χ4v) is 5.37.